The van der Waals surface area contributed by atoms with Gasteiger partial charge >= 0.3 is 0 Å². The molecule has 0 unspecified atom stereocenters. The molecule has 1 aliphatic carbocycles. The van der Waals surface area contributed by atoms with Gasteiger partial charge in [0.1, 0.15) is 0 Å². The molecule has 0 bridgehead atoms. The highest BCUT2D eigenvalue weighted by molar-refractivity contribution is 7.91. The van der Waals surface area contributed by atoms with Crippen molar-refractivity contribution in [1.29, 1.82) is 0 Å². The van der Waals surface area contributed by atoms with Crippen LogP contribution < -0.4 is 5.32 Å². The lowest BCUT2D eigenvalue weighted by molar-refractivity contribution is 0.104. The molecule has 23 heavy (non-hydrogen) atoms. The summed E-state index contributed by atoms with van der Waals surface area (Å²) < 4.78 is 29.4. The fourth-order valence-corrected chi connectivity index (χ4v) is 4.48. The number of ether oxygens (including phenoxy) is 1. The van der Waals surface area contributed by atoms with E-state index in [9.17, 15) is 8.42 Å². The third-order valence-electron chi connectivity index (χ3n) is 5.23. The third kappa shape index (κ3) is 4.34. The molecule has 2 fully saturated rings. The molecule has 0 aromatic heterocycles. The molecule has 1 saturated heterocycles. The zero-order valence-corrected chi connectivity index (χ0v) is 14.6. The summed E-state index contributed by atoms with van der Waals surface area (Å²) in [5.74, 6) is 2.64. The van der Waals surface area contributed by atoms with Crippen LogP contribution in [0.2, 0.25) is 0 Å². The van der Waals surface area contributed by atoms with Crippen molar-refractivity contribution in [2.75, 3.05) is 25.4 Å². The average Bonchev–Trinajstić information content (AvgIpc) is 3.36. The summed E-state index contributed by atoms with van der Waals surface area (Å²) in [6.45, 7) is 5.41. The van der Waals surface area contributed by atoms with E-state index in [-0.39, 0.29) is 5.75 Å². The molecule has 0 amide bonds. The first kappa shape index (κ1) is 16.9. The van der Waals surface area contributed by atoms with Gasteiger partial charge in [-0.25, -0.2) is 8.42 Å². The monoisotopic (exact) mass is 337 g/mol. The largest absolute Gasteiger partial charge is 0.376 e. The van der Waals surface area contributed by atoms with Crippen LogP contribution in [0.25, 0.3) is 0 Å². The van der Waals surface area contributed by atoms with Crippen LogP contribution in [0.1, 0.15) is 31.7 Å². The maximum atomic E-state index is 11.8. The lowest BCUT2D eigenvalue weighted by atomic mass is 9.92. The van der Waals surface area contributed by atoms with Crippen LogP contribution in [0.15, 0.2) is 29.2 Å². The smallest absolute Gasteiger partial charge is 0.178 e. The fraction of sp³-hybridized carbons (Fsp3) is 0.667. The second-order valence-corrected chi connectivity index (χ2v) is 9.09. The van der Waals surface area contributed by atoms with Crippen molar-refractivity contribution in [1.82, 2.24) is 5.32 Å². The van der Waals surface area contributed by atoms with Crippen molar-refractivity contribution < 1.29 is 13.2 Å². The van der Waals surface area contributed by atoms with Crippen molar-refractivity contribution in [3.05, 3.63) is 29.8 Å². The summed E-state index contributed by atoms with van der Waals surface area (Å²) in [6.07, 6.45) is 3.95. The Kier molecular flexibility index (Phi) is 5.39. The van der Waals surface area contributed by atoms with Crippen molar-refractivity contribution in [2.45, 2.75) is 37.7 Å². The number of rotatable bonds is 7. The van der Waals surface area contributed by atoms with Crippen LogP contribution in [0.4, 0.5) is 0 Å². The van der Waals surface area contributed by atoms with Gasteiger partial charge in [0.2, 0.25) is 0 Å². The van der Waals surface area contributed by atoms with E-state index in [2.05, 4.69) is 5.32 Å². The van der Waals surface area contributed by atoms with E-state index in [0.29, 0.717) is 11.5 Å². The first-order valence-electron chi connectivity index (χ1n) is 8.70. The molecule has 128 valence electrons. The van der Waals surface area contributed by atoms with Crippen LogP contribution in [-0.4, -0.2) is 33.9 Å². The van der Waals surface area contributed by atoms with Crippen LogP contribution >= 0.6 is 0 Å². The first-order chi connectivity index (χ1) is 11.1. The van der Waals surface area contributed by atoms with Crippen molar-refractivity contribution in [3.63, 3.8) is 0 Å². The molecule has 0 radical (unpaired) electrons. The third-order valence-corrected chi connectivity index (χ3v) is 6.98. The standard InChI is InChI=1S/C18H27NO3S/c1-2-23(20,21)17-5-3-14(4-6-17)12-22-13-16-11-18(16)15-7-9-19-10-8-15/h3-6,15-16,18-19H,2,7-13H2,1H3/t16-,18+/m0/s1. The second kappa shape index (κ2) is 7.32. The van der Waals surface area contributed by atoms with Crippen molar-refractivity contribution in [2.24, 2.45) is 17.8 Å². The SMILES string of the molecule is CCS(=O)(=O)c1ccc(COC[C@@H]2C[C@@H]2C2CCNCC2)cc1. The second-order valence-electron chi connectivity index (χ2n) is 6.81. The molecule has 2 atom stereocenters. The molecule has 0 spiro atoms. The molecule has 1 aromatic rings. The molecule has 1 aliphatic heterocycles. The molecular weight excluding hydrogens is 310 g/mol. The minimum atomic E-state index is -3.10. The Labute approximate surface area is 139 Å². The fourth-order valence-electron chi connectivity index (χ4n) is 3.60. The van der Waals surface area contributed by atoms with Crippen LogP contribution in [-0.2, 0) is 21.2 Å². The Bertz CT molecular complexity index is 606. The van der Waals surface area contributed by atoms with Crippen molar-refractivity contribution >= 4 is 9.84 Å². The summed E-state index contributed by atoms with van der Waals surface area (Å²) in [7, 11) is -3.10. The maximum Gasteiger partial charge on any atom is 0.178 e. The number of piperidine rings is 1. The topological polar surface area (TPSA) is 55.4 Å². The molecule has 1 saturated carbocycles. The Morgan fingerprint density at radius 2 is 1.87 bits per heavy atom. The number of hydrogen-bond donors (Lipinski definition) is 1. The summed E-state index contributed by atoms with van der Waals surface area (Å²) in [5.41, 5.74) is 1.04. The lowest BCUT2D eigenvalue weighted by Crippen LogP contribution is -2.29. The zero-order chi connectivity index (χ0) is 16.3. The van der Waals surface area contributed by atoms with Crippen LogP contribution in [0.5, 0.6) is 0 Å². The minimum absolute atomic E-state index is 0.141. The first-order valence-corrected chi connectivity index (χ1v) is 10.4. The van der Waals surface area contributed by atoms with Gasteiger partial charge in [0.25, 0.3) is 0 Å². The van der Waals surface area contributed by atoms with Crippen LogP contribution in [0.3, 0.4) is 0 Å². The number of benzene rings is 1. The lowest BCUT2D eigenvalue weighted by Gasteiger charge is -2.22. The van der Waals surface area contributed by atoms with E-state index < -0.39 is 9.84 Å². The number of sulfone groups is 1. The molecule has 5 heteroatoms. The highest BCUT2D eigenvalue weighted by Gasteiger charge is 2.42. The highest BCUT2D eigenvalue weighted by atomic mass is 32.2. The molecule has 3 rings (SSSR count). The minimum Gasteiger partial charge on any atom is -0.376 e. The predicted octanol–water partition coefficient (Wildman–Crippen LogP) is 2.63. The van der Waals surface area contributed by atoms with Gasteiger partial charge in [0, 0.05) is 0 Å². The van der Waals surface area contributed by atoms with Gasteiger partial charge in [-0.3, -0.25) is 0 Å². The van der Waals surface area contributed by atoms with E-state index in [1.807, 2.05) is 12.1 Å². The van der Waals surface area contributed by atoms with E-state index in [4.69, 9.17) is 4.74 Å². The Morgan fingerprint density at radius 3 is 2.52 bits per heavy atom. The molecule has 1 N–H and O–H groups in total. The molecule has 2 aliphatic rings. The zero-order valence-electron chi connectivity index (χ0n) is 13.8. The number of hydrogen-bond acceptors (Lipinski definition) is 4. The summed E-state index contributed by atoms with van der Waals surface area (Å²) >= 11 is 0. The summed E-state index contributed by atoms with van der Waals surface area (Å²) in [6, 6.07) is 7.10. The number of nitrogens with one attached hydrogen (secondary N) is 1. The highest BCUT2D eigenvalue weighted by Crippen LogP contribution is 2.47. The Balaban J connectivity index is 1.41. The van der Waals surface area contributed by atoms with E-state index in [1.165, 1.54) is 32.4 Å². The Morgan fingerprint density at radius 1 is 1.17 bits per heavy atom. The van der Waals surface area contributed by atoms with E-state index >= 15 is 0 Å². The molecule has 4 nitrogen and oxygen atoms in total. The van der Waals surface area contributed by atoms with Gasteiger partial charge in [0.05, 0.1) is 23.9 Å². The summed E-state index contributed by atoms with van der Waals surface area (Å²) in [4.78, 5) is 0.400. The molecular formula is C18H27NO3S. The van der Waals surface area contributed by atoms with E-state index in [0.717, 1.165) is 29.9 Å². The van der Waals surface area contributed by atoms with Gasteiger partial charge in [0.15, 0.2) is 9.84 Å². The quantitative estimate of drug-likeness (QED) is 0.831. The van der Waals surface area contributed by atoms with Crippen LogP contribution in [0, 0.1) is 17.8 Å². The van der Waals surface area contributed by atoms with Gasteiger partial charge in [-0.2, -0.15) is 0 Å². The average molecular weight is 337 g/mol. The Hall–Kier alpha value is -0.910. The molecule has 1 aromatic carbocycles. The van der Waals surface area contributed by atoms with Crippen molar-refractivity contribution in [3.8, 4) is 0 Å². The van der Waals surface area contributed by atoms with Gasteiger partial charge in [-0.15, -0.1) is 0 Å². The molecule has 1 heterocycles. The van der Waals surface area contributed by atoms with E-state index in [1.54, 1.807) is 19.1 Å². The van der Waals surface area contributed by atoms with Gasteiger partial charge in [-0.05, 0) is 67.8 Å². The van der Waals surface area contributed by atoms with Gasteiger partial charge < -0.3 is 10.1 Å². The summed E-state index contributed by atoms with van der Waals surface area (Å²) in [5, 5.41) is 3.42. The maximum absolute atomic E-state index is 11.8. The normalized spacial score (nSPS) is 25.4. The predicted molar refractivity (Wildman–Crippen MR) is 91.0 cm³/mol. The van der Waals surface area contributed by atoms with Gasteiger partial charge in [-0.1, -0.05) is 19.1 Å².